The van der Waals surface area contributed by atoms with Crippen LogP contribution in [0.4, 0.5) is 0 Å². The number of nitrogens with zero attached hydrogens (tertiary/aromatic N) is 2. The quantitative estimate of drug-likeness (QED) is 0.774. The number of halogens is 1. The smallest absolute Gasteiger partial charge is 0.322 e. The van der Waals surface area contributed by atoms with Crippen LogP contribution in [0.5, 0.6) is 0 Å². The number of aliphatic carboxylic acids is 1. The Morgan fingerprint density at radius 3 is 2.71 bits per heavy atom. The Hall–Kier alpha value is -1.82. The van der Waals surface area contributed by atoms with Gasteiger partial charge in [-0.2, -0.15) is 5.10 Å². The Balaban J connectivity index is 2.70. The van der Waals surface area contributed by atoms with Gasteiger partial charge in [0.15, 0.2) is 0 Å². The molecule has 0 aliphatic heterocycles. The highest BCUT2D eigenvalue weighted by Gasteiger charge is 2.08. The normalized spacial score (nSPS) is 10.8. The van der Waals surface area contributed by atoms with E-state index in [1.165, 1.54) is 16.8 Å². The van der Waals surface area contributed by atoms with Crippen molar-refractivity contribution >= 4 is 29.6 Å². The first-order chi connectivity index (χ1) is 7.91. The molecule has 0 saturated heterocycles. The van der Waals surface area contributed by atoms with Crippen molar-refractivity contribution in [3.8, 4) is 0 Å². The van der Waals surface area contributed by atoms with Gasteiger partial charge in [0.05, 0.1) is 5.69 Å². The lowest BCUT2D eigenvalue weighted by Crippen LogP contribution is -2.27. The van der Waals surface area contributed by atoms with Crippen LogP contribution in [0, 0.1) is 6.92 Å². The third-order valence-electron chi connectivity index (χ3n) is 2.01. The van der Waals surface area contributed by atoms with Gasteiger partial charge < -0.3 is 10.4 Å². The van der Waals surface area contributed by atoms with E-state index in [9.17, 15) is 9.59 Å². The Kier molecular flexibility index (Phi) is 4.28. The molecule has 17 heavy (non-hydrogen) atoms. The molecule has 0 aliphatic rings. The molecule has 92 valence electrons. The fourth-order valence-electron chi connectivity index (χ4n) is 1.22. The molecule has 2 N–H and O–H groups in total. The van der Waals surface area contributed by atoms with Gasteiger partial charge in [-0.05, 0) is 13.0 Å². The first kappa shape index (κ1) is 13.2. The van der Waals surface area contributed by atoms with Gasteiger partial charge in [-0.15, -0.1) is 0 Å². The van der Waals surface area contributed by atoms with Crippen LogP contribution in [0.3, 0.4) is 0 Å². The zero-order chi connectivity index (χ0) is 13.0. The molecule has 0 bridgehead atoms. The van der Waals surface area contributed by atoms with Gasteiger partial charge in [0, 0.05) is 18.7 Å². The number of carboxylic acids is 1. The van der Waals surface area contributed by atoms with Gasteiger partial charge in [-0.1, -0.05) is 11.6 Å². The molecule has 6 nitrogen and oxygen atoms in total. The molecule has 0 aliphatic carbocycles. The topological polar surface area (TPSA) is 84.2 Å². The van der Waals surface area contributed by atoms with Crippen molar-refractivity contribution in [3.63, 3.8) is 0 Å². The predicted octanol–water partition coefficient (Wildman–Crippen LogP) is 0.596. The van der Waals surface area contributed by atoms with Gasteiger partial charge in [0.25, 0.3) is 0 Å². The van der Waals surface area contributed by atoms with E-state index < -0.39 is 18.4 Å². The SMILES string of the molecule is Cc1nn(C)c(Cl)c1/C=C/C(=O)NCC(=O)O. The average molecular weight is 258 g/mol. The molecule has 0 radical (unpaired) electrons. The Bertz CT molecular complexity index is 479. The number of carboxylic acid groups (broad SMARTS) is 1. The van der Waals surface area contributed by atoms with Gasteiger partial charge >= 0.3 is 5.97 Å². The first-order valence-corrected chi connectivity index (χ1v) is 5.16. The number of aryl methyl sites for hydroxylation is 2. The summed E-state index contributed by atoms with van der Waals surface area (Å²) in [7, 11) is 1.69. The number of carbonyl (C=O) groups excluding carboxylic acids is 1. The fourth-order valence-corrected chi connectivity index (χ4v) is 1.45. The van der Waals surface area contributed by atoms with Crippen LogP contribution in [-0.4, -0.2) is 33.3 Å². The minimum absolute atomic E-state index is 0.414. The van der Waals surface area contributed by atoms with Crippen molar-refractivity contribution in [2.75, 3.05) is 6.54 Å². The maximum atomic E-state index is 11.2. The molecule has 0 aromatic carbocycles. The molecule has 1 aromatic heterocycles. The maximum absolute atomic E-state index is 11.2. The Morgan fingerprint density at radius 1 is 1.59 bits per heavy atom. The van der Waals surface area contributed by atoms with Crippen molar-refractivity contribution in [2.24, 2.45) is 7.05 Å². The van der Waals surface area contributed by atoms with Crippen molar-refractivity contribution in [1.82, 2.24) is 15.1 Å². The van der Waals surface area contributed by atoms with E-state index in [-0.39, 0.29) is 0 Å². The Labute approximate surface area is 103 Å². The molecule has 0 spiro atoms. The third kappa shape index (κ3) is 3.60. The van der Waals surface area contributed by atoms with Gasteiger partial charge in [0.1, 0.15) is 11.7 Å². The highest BCUT2D eigenvalue weighted by Crippen LogP contribution is 2.19. The van der Waals surface area contributed by atoms with Gasteiger partial charge in [-0.25, -0.2) is 0 Å². The monoisotopic (exact) mass is 257 g/mol. The van der Waals surface area contributed by atoms with Crippen LogP contribution in [0.15, 0.2) is 6.08 Å². The number of hydrogen-bond acceptors (Lipinski definition) is 3. The summed E-state index contributed by atoms with van der Waals surface area (Å²) in [6, 6.07) is 0. The summed E-state index contributed by atoms with van der Waals surface area (Å²) in [5.41, 5.74) is 1.33. The predicted molar refractivity (Wildman–Crippen MR) is 62.6 cm³/mol. The van der Waals surface area contributed by atoms with E-state index in [0.29, 0.717) is 16.4 Å². The lowest BCUT2D eigenvalue weighted by atomic mass is 10.2. The minimum atomic E-state index is -1.10. The van der Waals surface area contributed by atoms with Crippen LogP contribution < -0.4 is 5.32 Å². The first-order valence-electron chi connectivity index (χ1n) is 4.78. The zero-order valence-electron chi connectivity index (χ0n) is 9.40. The highest BCUT2D eigenvalue weighted by atomic mass is 35.5. The van der Waals surface area contributed by atoms with Crippen LogP contribution in [0.25, 0.3) is 6.08 Å². The summed E-state index contributed by atoms with van der Waals surface area (Å²) in [5, 5.41) is 15.1. The van der Waals surface area contributed by atoms with Crippen LogP contribution in [0.2, 0.25) is 5.15 Å². The lowest BCUT2D eigenvalue weighted by molar-refractivity contribution is -0.137. The molecule has 0 atom stereocenters. The molecule has 1 rings (SSSR count). The Morgan fingerprint density at radius 2 is 2.24 bits per heavy atom. The molecular weight excluding hydrogens is 246 g/mol. The van der Waals surface area contributed by atoms with E-state index in [1.807, 2.05) is 0 Å². The number of nitrogens with one attached hydrogen (secondary N) is 1. The minimum Gasteiger partial charge on any atom is -0.480 e. The van der Waals surface area contributed by atoms with Crippen molar-refractivity contribution in [3.05, 3.63) is 22.5 Å². The largest absolute Gasteiger partial charge is 0.480 e. The number of aromatic nitrogens is 2. The summed E-state index contributed by atoms with van der Waals surface area (Å²) in [5.74, 6) is -1.59. The van der Waals surface area contributed by atoms with E-state index in [2.05, 4.69) is 10.4 Å². The molecule has 0 fully saturated rings. The molecule has 0 saturated carbocycles. The molecule has 1 amide bonds. The average Bonchev–Trinajstić information content (AvgIpc) is 2.48. The second-order valence-electron chi connectivity index (χ2n) is 3.36. The van der Waals surface area contributed by atoms with E-state index >= 15 is 0 Å². The van der Waals surface area contributed by atoms with Crippen molar-refractivity contribution in [1.29, 1.82) is 0 Å². The second-order valence-corrected chi connectivity index (χ2v) is 3.72. The number of carbonyl (C=O) groups is 2. The maximum Gasteiger partial charge on any atom is 0.322 e. The van der Waals surface area contributed by atoms with Crippen LogP contribution in [0.1, 0.15) is 11.3 Å². The molecular formula is C10H12ClN3O3. The lowest BCUT2D eigenvalue weighted by Gasteiger charge is -1.96. The van der Waals surface area contributed by atoms with Crippen LogP contribution >= 0.6 is 11.6 Å². The standard InChI is InChI=1S/C10H12ClN3O3/c1-6-7(10(11)14(2)13-6)3-4-8(15)12-5-9(16)17/h3-4H,5H2,1-2H3,(H,12,15)(H,16,17)/b4-3+. The molecule has 0 unspecified atom stereocenters. The number of amides is 1. The summed E-state index contributed by atoms with van der Waals surface area (Å²) in [6.07, 6.45) is 2.72. The highest BCUT2D eigenvalue weighted by molar-refractivity contribution is 6.31. The zero-order valence-corrected chi connectivity index (χ0v) is 10.2. The summed E-state index contributed by atoms with van der Waals surface area (Å²) >= 11 is 5.95. The van der Waals surface area contributed by atoms with Gasteiger partial charge in [-0.3, -0.25) is 14.3 Å². The number of rotatable bonds is 4. The summed E-state index contributed by atoms with van der Waals surface area (Å²) in [4.78, 5) is 21.4. The van der Waals surface area contributed by atoms with E-state index in [4.69, 9.17) is 16.7 Å². The fraction of sp³-hybridized carbons (Fsp3) is 0.300. The van der Waals surface area contributed by atoms with Crippen LogP contribution in [-0.2, 0) is 16.6 Å². The molecule has 1 heterocycles. The van der Waals surface area contributed by atoms with Crippen molar-refractivity contribution in [2.45, 2.75) is 6.92 Å². The van der Waals surface area contributed by atoms with Crippen molar-refractivity contribution < 1.29 is 14.7 Å². The van der Waals surface area contributed by atoms with E-state index in [0.717, 1.165) is 0 Å². The van der Waals surface area contributed by atoms with E-state index in [1.54, 1.807) is 14.0 Å². The van der Waals surface area contributed by atoms with Gasteiger partial charge in [0.2, 0.25) is 5.91 Å². The second kappa shape index (κ2) is 5.49. The summed E-state index contributed by atoms with van der Waals surface area (Å²) in [6.45, 7) is 1.35. The number of hydrogen-bond donors (Lipinski definition) is 2. The molecule has 1 aromatic rings. The third-order valence-corrected chi connectivity index (χ3v) is 2.46. The molecule has 7 heteroatoms. The summed E-state index contributed by atoms with van der Waals surface area (Å²) < 4.78 is 1.49.